The van der Waals surface area contributed by atoms with Crippen LogP contribution in [0.5, 0.6) is 0 Å². The molecular weight excluding hydrogens is 260 g/mol. The summed E-state index contributed by atoms with van der Waals surface area (Å²) < 4.78 is 0. The molecule has 3 heterocycles. The van der Waals surface area contributed by atoms with Crippen molar-refractivity contribution in [2.75, 3.05) is 10.6 Å². The van der Waals surface area contributed by atoms with Gasteiger partial charge in [-0.2, -0.15) is 0 Å². The number of rotatable bonds is 1. The number of nitrogens with zero attached hydrogens (tertiary/aromatic N) is 2. The van der Waals surface area contributed by atoms with Gasteiger partial charge in [0.15, 0.2) is 5.82 Å². The topological polar surface area (TPSA) is 49.8 Å². The molecule has 0 atom stereocenters. The highest BCUT2D eigenvalue weighted by Crippen LogP contribution is 2.33. The van der Waals surface area contributed by atoms with E-state index < -0.39 is 0 Å². The van der Waals surface area contributed by atoms with E-state index in [2.05, 4.69) is 34.1 Å². The molecule has 21 heavy (non-hydrogen) atoms. The summed E-state index contributed by atoms with van der Waals surface area (Å²) in [5.41, 5.74) is 4.90. The number of nitrogens with one attached hydrogen (secondary N) is 2. The largest absolute Gasteiger partial charge is 0.352 e. The van der Waals surface area contributed by atoms with Crippen molar-refractivity contribution in [3.05, 3.63) is 47.8 Å². The van der Waals surface area contributed by atoms with Crippen LogP contribution in [0.1, 0.15) is 37.6 Å². The van der Waals surface area contributed by atoms with E-state index in [4.69, 9.17) is 0 Å². The molecule has 2 aromatic heterocycles. The summed E-state index contributed by atoms with van der Waals surface area (Å²) in [6.07, 6.45) is 2.74. The number of anilines is 3. The number of pyridine rings is 2. The Bertz CT molecular complexity index is 662. The summed E-state index contributed by atoms with van der Waals surface area (Å²) in [4.78, 5) is 9.02. The molecule has 0 aliphatic carbocycles. The lowest BCUT2D eigenvalue weighted by Gasteiger charge is -2.08. The first-order valence-corrected chi connectivity index (χ1v) is 7.37. The first-order valence-electron chi connectivity index (χ1n) is 7.37. The first kappa shape index (κ1) is 15.0. The van der Waals surface area contributed by atoms with Gasteiger partial charge in [0.25, 0.3) is 0 Å². The van der Waals surface area contributed by atoms with Gasteiger partial charge in [0.1, 0.15) is 5.82 Å². The van der Waals surface area contributed by atoms with E-state index in [1.807, 2.05) is 45.2 Å². The average molecular weight is 282 g/mol. The summed E-state index contributed by atoms with van der Waals surface area (Å²) in [6.45, 7) is 12.2. The summed E-state index contributed by atoms with van der Waals surface area (Å²) in [5, 5.41) is 6.59. The van der Waals surface area contributed by atoms with Crippen LogP contribution in [0, 0.1) is 6.92 Å². The van der Waals surface area contributed by atoms with Crippen LogP contribution in [0.4, 0.5) is 17.3 Å². The summed E-state index contributed by atoms with van der Waals surface area (Å²) in [5.74, 6) is 1.60. The third-order valence-electron chi connectivity index (χ3n) is 3.19. The second-order valence-corrected chi connectivity index (χ2v) is 4.69. The van der Waals surface area contributed by atoms with Crippen LogP contribution in [0.25, 0.3) is 5.70 Å². The van der Waals surface area contributed by atoms with Crippen LogP contribution in [0.3, 0.4) is 0 Å². The number of fused-ring (bicyclic) bond motifs is 2. The quantitative estimate of drug-likeness (QED) is 0.807. The molecule has 0 unspecified atom stereocenters. The molecule has 2 N–H and O–H groups in total. The zero-order chi connectivity index (χ0) is 15.4. The molecule has 3 rings (SSSR count). The lowest BCUT2D eigenvalue weighted by atomic mass is 10.1. The van der Waals surface area contributed by atoms with Gasteiger partial charge in [0.2, 0.25) is 0 Å². The highest BCUT2D eigenvalue weighted by Gasteiger charge is 2.17. The second kappa shape index (κ2) is 6.39. The predicted octanol–water partition coefficient (Wildman–Crippen LogP) is 4.51. The lowest BCUT2D eigenvalue weighted by molar-refractivity contribution is 1.03. The fourth-order valence-corrected chi connectivity index (χ4v) is 2.14. The van der Waals surface area contributed by atoms with E-state index in [1.54, 1.807) is 0 Å². The van der Waals surface area contributed by atoms with Gasteiger partial charge in [-0.1, -0.05) is 27.4 Å². The van der Waals surface area contributed by atoms with E-state index in [9.17, 15) is 0 Å². The van der Waals surface area contributed by atoms with Crippen molar-refractivity contribution in [1.82, 2.24) is 9.97 Å². The van der Waals surface area contributed by atoms with Crippen LogP contribution in [0.2, 0.25) is 0 Å². The molecule has 0 saturated carbocycles. The molecule has 0 bridgehead atoms. The standard InChI is InChI=1S/C15H16N4.C2H6/c1-4-11-5-6-12-10(3)17-13-7-9(2)8-16-15(13)19-14(12)18-11;1-2/h5-8,17H,3-4H2,1-2H3,(H,16,18,19);1-2H3. The van der Waals surface area contributed by atoms with E-state index in [0.717, 1.165) is 46.3 Å². The van der Waals surface area contributed by atoms with Gasteiger partial charge in [-0.3, -0.25) is 0 Å². The molecule has 1 aliphatic rings. The molecule has 1 aliphatic heterocycles. The Kier molecular flexibility index (Phi) is 4.58. The third-order valence-corrected chi connectivity index (χ3v) is 3.19. The number of hydrogen-bond acceptors (Lipinski definition) is 4. The van der Waals surface area contributed by atoms with Gasteiger partial charge >= 0.3 is 0 Å². The number of aromatic nitrogens is 2. The number of aryl methyl sites for hydroxylation is 2. The zero-order valence-electron chi connectivity index (χ0n) is 13.1. The van der Waals surface area contributed by atoms with Gasteiger partial charge in [-0.05, 0) is 37.1 Å². The third kappa shape index (κ3) is 3.05. The van der Waals surface area contributed by atoms with Gasteiger partial charge in [0.05, 0.1) is 5.69 Å². The van der Waals surface area contributed by atoms with E-state index in [-0.39, 0.29) is 0 Å². The Hall–Kier alpha value is -2.36. The molecule has 0 amide bonds. The summed E-state index contributed by atoms with van der Waals surface area (Å²) >= 11 is 0. The van der Waals surface area contributed by atoms with Crippen molar-refractivity contribution in [1.29, 1.82) is 0 Å². The van der Waals surface area contributed by atoms with E-state index >= 15 is 0 Å². The smallest absolute Gasteiger partial charge is 0.155 e. The van der Waals surface area contributed by atoms with Gasteiger partial charge in [-0.15, -0.1) is 0 Å². The van der Waals surface area contributed by atoms with E-state index in [1.165, 1.54) is 0 Å². The SMILES string of the molecule is C=C1Nc2cc(C)cnc2Nc2nc(CC)ccc21.CC. The molecule has 4 heteroatoms. The molecule has 0 fully saturated rings. The average Bonchev–Trinajstić information content (AvgIpc) is 2.64. The Morgan fingerprint density at radius 3 is 2.62 bits per heavy atom. The highest BCUT2D eigenvalue weighted by molar-refractivity contribution is 5.90. The molecule has 0 spiro atoms. The minimum atomic E-state index is 0.784. The molecule has 0 aromatic carbocycles. The van der Waals surface area contributed by atoms with Crippen molar-refractivity contribution in [3.8, 4) is 0 Å². The van der Waals surface area contributed by atoms with Gasteiger partial charge < -0.3 is 10.6 Å². The minimum absolute atomic E-state index is 0.784. The van der Waals surface area contributed by atoms with Crippen LogP contribution < -0.4 is 10.6 Å². The molecule has 0 saturated heterocycles. The van der Waals surface area contributed by atoms with Crippen LogP contribution in [0.15, 0.2) is 31.0 Å². The monoisotopic (exact) mass is 282 g/mol. The minimum Gasteiger partial charge on any atom is -0.352 e. The van der Waals surface area contributed by atoms with Crippen molar-refractivity contribution >= 4 is 23.0 Å². The maximum atomic E-state index is 4.61. The maximum absolute atomic E-state index is 4.61. The Morgan fingerprint density at radius 1 is 1.14 bits per heavy atom. The highest BCUT2D eigenvalue weighted by atomic mass is 15.1. The fraction of sp³-hybridized carbons (Fsp3) is 0.294. The second-order valence-electron chi connectivity index (χ2n) is 4.69. The molecule has 2 aromatic rings. The van der Waals surface area contributed by atoms with Crippen LogP contribution in [-0.4, -0.2) is 9.97 Å². The summed E-state index contributed by atoms with van der Waals surface area (Å²) in [7, 11) is 0. The fourth-order valence-electron chi connectivity index (χ4n) is 2.14. The predicted molar refractivity (Wildman–Crippen MR) is 89.9 cm³/mol. The molecule has 110 valence electrons. The Morgan fingerprint density at radius 2 is 1.90 bits per heavy atom. The van der Waals surface area contributed by atoms with Crippen molar-refractivity contribution in [2.45, 2.75) is 34.1 Å². The number of hydrogen-bond donors (Lipinski definition) is 2. The van der Waals surface area contributed by atoms with Gasteiger partial charge in [0, 0.05) is 23.2 Å². The Labute approximate surface area is 126 Å². The molecular formula is C17H22N4. The molecule has 4 nitrogen and oxygen atoms in total. The van der Waals surface area contributed by atoms with Crippen LogP contribution >= 0.6 is 0 Å². The maximum Gasteiger partial charge on any atom is 0.155 e. The van der Waals surface area contributed by atoms with Crippen molar-refractivity contribution < 1.29 is 0 Å². The zero-order valence-corrected chi connectivity index (χ0v) is 13.1. The van der Waals surface area contributed by atoms with Crippen molar-refractivity contribution in [2.24, 2.45) is 0 Å². The normalized spacial score (nSPS) is 11.9. The van der Waals surface area contributed by atoms with Gasteiger partial charge in [-0.25, -0.2) is 9.97 Å². The van der Waals surface area contributed by atoms with E-state index in [0.29, 0.717) is 0 Å². The lowest BCUT2D eigenvalue weighted by Crippen LogP contribution is -2.00. The summed E-state index contributed by atoms with van der Waals surface area (Å²) in [6, 6.07) is 6.12. The Balaban J connectivity index is 0.000000774. The van der Waals surface area contributed by atoms with Crippen molar-refractivity contribution in [3.63, 3.8) is 0 Å². The van der Waals surface area contributed by atoms with Crippen LogP contribution in [-0.2, 0) is 6.42 Å². The molecule has 0 radical (unpaired) electrons. The first-order chi connectivity index (χ1) is 10.2.